The van der Waals surface area contributed by atoms with Gasteiger partial charge in [-0.15, -0.1) is 0 Å². The summed E-state index contributed by atoms with van der Waals surface area (Å²) in [5.74, 6) is 1.00. The van der Waals surface area contributed by atoms with E-state index >= 15 is 0 Å². The fourth-order valence-corrected chi connectivity index (χ4v) is 3.97. The summed E-state index contributed by atoms with van der Waals surface area (Å²) in [6, 6.07) is 4.89. The molecule has 0 bridgehead atoms. The number of amides is 1. The molecule has 6 heteroatoms. The molecule has 0 radical (unpaired) electrons. The zero-order valence-electron chi connectivity index (χ0n) is 17.3. The number of carbonyl (C=O) groups excluding carboxylic acids is 1. The van der Waals surface area contributed by atoms with Crippen molar-refractivity contribution >= 4 is 11.9 Å². The summed E-state index contributed by atoms with van der Waals surface area (Å²) in [5, 5.41) is 0. The Labute approximate surface area is 163 Å². The largest absolute Gasteiger partial charge is 0.444 e. The van der Waals surface area contributed by atoms with Crippen molar-refractivity contribution < 1.29 is 9.53 Å². The average Bonchev–Trinajstić information content (AvgIpc) is 2.67. The lowest BCUT2D eigenvalue weighted by molar-refractivity contribution is 0.0240. The molecule has 2 aliphatic heterocycles. The average molecular weight is 375 g/mol. The second-order valence-electron chi connectivity index (χ2n) is 8.54. The fourth-order valence-electron chi connectivity index (χ4n) is 3.97. The third kappa shape index (κ3) is 5.12. The van der Waals surface area contributed by atoms with Crippen molar-refractivity contribution in [2.24, 2.45) is 0 Å². The van der Waals surface area contributed by atoms with Gasteiger partial charge in [0.1, 0.15) is 11.4 Å². The minimum Gasteiger partial charge on any atom is -0.444 e. The van der Waals surface area contributed by atoms with Gasteiger partial charge in [0.15, 0.2) is 0 Å². The summed E-state index contributed by atoms with van der Waals surface area (Å²) in [7, 11) is 0. The Morgan fingerprint density at radius 3 is 2.48 bits per heavy atom. The van der Waals surface area contributed by atoms with Crippen molar-refractivity contribution in [1.29, 1.82) is 0 Å². The van der Waals surface area contributed by atoms with Crippen molar-refractivity contribution in [3.05, 3.63) is 23.9 Å². The van der Waals surface area contributed by atoms with Crippen LogP contribution in [0.1, 0.15) is 58.6 Å². The summed E-state index contributed by atoms with van der Waals surface area (Å²) in [6.45, 7) is 13.1. The van der Waals surface area contributed by atoms with Gasteiger partial charge in [0.25, 0.3) is 0 Å². The number of piperazine rings is 1. The molecule has 0 spiro atoms. The summed E-state index contributed by atoms with van der Waals surface area (Å²) in [4.78, 5) is 23.5. The quantitative estimate of drug-likeness (QED) is 0.808. The van der Waals surface area contributed by atoms with Gasteiger partial charge in [-0.25, -0.2) is 9.78 Å². The van der Waals surface area contributed by atoms with E-state index in [0.717, 1.165) is 25.5 Å². The number of piperidine rings is 1. The molecule has 1 aromatic heterocycles. The second kappa shape index (κ2) is 8.46. The van der Waals surface area contributed by atoms with Gasteiger partial charge in [-0.1, -0.05) is 19.4 Å². The topological polar surface area (TPSA) is 48.9 Å². The van der Waals surface area contributed by atoms with Crippen LogP contribution >= 0.6 is 0 Å². The molecule has 1 amide bonds. The molecule has 2 saturated heterocycles. The Morgan fingerprint density at radius 1 is 1.15 bits per heavy atom. The van der Waals surface area contributed by atoms with Crippen LogP contribution in [-0.4, -0.2) is 65.7 Å². The second-order valence-corrected chi connectivity index (χ2v) is 8.54. The maximum atomic E-state index is 12.2. The maximum absolute atomic E-state index is 12.2. The van der Waals surface area contributed by atoms with Gasteiger partial charge in [-0.2, -0.15) is 0 Å². The molecule has 2 fully saturated rings. The van der Waals surface area contributed by atoms with E-state index in [1.807, 2.05) is 27.0 Å². The first-order valence-electron chi connectivity index (χ1n) is 10.3. The van der Waals surface area contributed by atoms with Gasteiger partial charge in [0.05, 0.1) is 0 Å². The number of likely N-dealkylation sites (tertiary alicyclic amines) is 1. The van der Waals surface area contributed by atoms with Crippen LogP contribution in [0.5, 0.6) is 0 Å². The molecular weight excluding hydrogens is 340 g/mol. The molecule has 27 heavy (non-hydrogen) atoms. The Morgan fingerprint density at radius 2 is 1.89 bits per heavy atom. The van der Waals surface area contributed by atoms with Crippen LogP contribution in [0.4, 0.5) is 10.6 Å². The van der Waals surface area contributed by atoms with E-state index in [9.17, 15) is 4.79 Å². The standard InChI is InChI=1S/C21H34N4O2/c1-5-23-11-7-6-8-18(23)17-9-10-19(22-16-17)24-12-14-25(15-13-24)20(26)27-21(2,3)4/h9-10,16,18H,5-8,11-15H2,1-4H3. The van der Waals surface area contributed by atoms with E-state index in [1.165, 1.54) is 31.4 Å². The van der Waals surface area contributed by atoms with Gasteiger partial charge in [-0.3, -0.25) is 4.90 Å². The molecular formula is C21H34N4O2. The van der Waals surface area contributed by atoms with Crippen LogP contribution in [0.15, 0.2) is 18.3 Å². The zero-order valence-corrected chi connectivity index (χ0v) is 17.3. The van der Waals surface area contributed by atoms with Gasteiger partial charge >= 0.3 is 6.09 Å². The highest BCUT2D eigenvalue weighted by Crippen LogP contribution is 2.30. The van der Waals surface area contributed by atoms with Crippen molar-refractivity contribution in [3.8, 4) is 0 Å². The molecule has 0 saturated carbocycles. The van der Waals surface area contributed by atoms with E-state index in [-0.39, 0.29) is 6.09 Å². The first kappa shape index (κ1) is 19.9. The van der Waals surface area contributed by atoms with E-state index in [4.69, 9.17) is 9.72 Å². The third-order valence-electron chi connectivity index (χ3n) is 5.43. The lowest BCUT2D eigenvalue weighted by Crippen LogP contribution is -2.50. The number of aromatic nitrogens is 1. The number of ether oxygens (including phenoxy) is 1. The van der Waals surface area contributed by atoms with E-state index in [2.05, 4.69) is 28.9 Å². The highest BCUT2D eigenvalue weighted by Gasteiger charge is 2.27. The van der Waals surface area contributed by atoms with Crippen LogP contribution in [0.3, 0.4) is 0 Å². The molecule has 0 aromatic carbocycles. The lowest BCUT2D eigenvalue weighted by atomic mass is 9.96. The molecule has 1 aromatic rings. The number of hydrogen-bond acceptors (Lipinski definition) is 5. The maximum Gasteiger partial charge on any atom is 0.410 e. The summed E-state index contributed by atoms with van der Waals surface area (Å²) >= 11 is 0. The molecule has 3 rings (SSSR count). The highest BCUT2D eigenvalue weighted by atomic mass is 16.6. The number of pyridine rings is 1. The molecule has 0 aliphatic carbocycles. The Balaban J connectivity index is 1.56. The molecule has 3 heterocycles. The summed E-state index contributed by atoms with van der Waals surface area (Å²) in [5.41, 5.74) is 0.879. The van der Waals surface area contributed by atoms with E-state index in [0.29, 0.717) is 19.1 Å². The van der Waals surface area contributed by atoms with Crippen molar-refractivity contribution in [3.63, 3.8) is 0 Å². The lowest BCUT2D eigenvalue weighted by Gasteiger charge is -2.37. The van der Waals surface area contributed by atoms with Crippen molar-refractivity contribution in [2.45, 2.75) is 58.6 Å². The van der Waals surface area contributed by atoms with Gasteiger partial charge in [0.2, 0.25) is 0 Å². The van der Waals surface area contributed by atoms with Gasteiger partial charge in [0, 0.05) is 38.4 Å². The fraction of sp³-hybridized carbons (Fsp3) is 0.714. The predicted octanol–water partition coefficient (Wildman–Crippen LogP) is 3.69. The minimum atomic E-state index is -0.447. The van der Waals surface area contributed by atoms with Crippen LogP contribution in [0.25, 0.3) is 0 Å². The third-order valence-corrected chi connectivity index (χ3v) is 5.43. The summed E-state index contributed by atoms with van der Waals surface area (Å²) in [6.07, 6.45) is 5.66. The van der Waals surface area contributed by atoms with E-state index < -0.39 is 5.60 Å². The predicted molar refractivity (Wildman–Crippen MR) is 108 cm³/mol. The minimum absolute atomic E-state index is 0.220. The Bertz CT molecular complexity index is 618. The first-order valence-corrected chi connectivity index (χ1v) is 10.3. The SMILES string of the molecule is CCN1CCCCC1c1ccc(N2CCN(C(=O)OC(C)(C)C)CC2)nc1. The smallest absolute Gasteiger partial charge is 0.410 e. The van der Waals surface area contributed by atoms with Crippen LogP contribution < -0.4 is 4.90 Å². The van der Waals surface area contributed by atoms with Gasteiger partial charge < -0.3 is 14.5 Å². The van der Waals surface area contributed by atoms with Crippen LogP contribution in [0.2, 0.25) is 0 Å². The van der Waals surface area contributed by atoms with Gasteiger partial charge in [-0.05, 0) is 58.3 Å². The Kier molecular flexibility index (Phi) is 6.25. The van der Waals surface area contributed by atoms with Crippen molar-refractivity contribution in [1.82, 2.24) is 14.8 Å². The highest BCUT2D eigenvalue weighted by molar-refractivity contribution is 5.68. The van der Waals surface area contributed by atoms with Crippen molar-refractivity contribution in [2.75, 3.05) is 44.2 Å². The monoisotopic (exact) mass is 374 g/mol. The number of nitrogens with zero attached hydrogens (tertiary/aromatic N) is 4. The molecule has 1 unspecified atom stereocenters. The molecule has 6 nitrogen and oxygen atoms in total. The zero-order chi connectivity index (χ0) is 19.4. The summed E-state index contributed by atoms with van der Waals surface area (Å²) < 4.78 is 5.47. The number of anilines is 1. The van der Waals surface area contributed by atoms with Crippen LogP contribution in [-0.2, 0) is 4.74 Å². The normalized spacial score (nSPS) is 22.0. The number of rotatable bonds is 3. The molecule has 2 aliphatic rings. The van der Waals surface area contributed by atoms with Crippen LogP contribution in [0, 0.1) is 0 Å². The molecule has 150 valence electrons. The van der Waals surface area contributed by atoms with E-state index in [1.54, 1.807) is 4.90 Å². The number of carbonyl (C=O) groups is 1. The number of hydrogen-bond donors (Lipinski definition) is 0. The molecule has 1 atom stereocenters. The first-order chi connectivity index (χ1) is 12.9. The Hall–Kier alpha value is -1.82. The molecule has 0 N–H and O–H groups in total.